The molecule has 2 rings (SSSR count). The van der Waals surface area contributed by atoms with Gasteiger partial charge in [-0.1, -0.05) is 29.8 Å². The first-order valence-electron chi connectivity index (χ1n) is 6.91. The maximum atomic E-state index is 10.2. The second-order valence-electron chi connectivity index (χ2n) is 5.06. The van der Waals surface area contributed by atoms with E-state index in [1.165, 1.54) is 0 Å². The van der Waals surface area contributed by atoms with E-state index >= 15 is 0 Å². The Morgan fingerprint density at radius 3 is 2.76 bits per heavy atom. The fraction of sp³-hybridized carbons (Fsp3) is 0.294. The summed E-state index contributed by atoms with van der Waals surface area (Å²) in [6, 6.07) is 12.8. The van der Waals surface area contributed by atoms with E-state index in [1.807, 2.05) is 43.3 Å². The SMILES string of the molecule is COc1cccc(C(O)CNCc2cc(C)ccc2O)c1. The molecule has 1 unspecified atom stereocenters. The van der Waals surface area contributed by atoms with Gasteiger partial charge in [0.15, 0.2) is 0 Å². The lowest BCUT2D eigenvalue weighted by Gasteiger charge is -2.14. The highest BCUT2D eigenvalue weighted by molar-refractivity contribution is 5.35. The maximum absolute atomic E-state index is 10.2. The number of phenols is 1. The van der Waals surface area contributed by atoms with Crippen LogP contribution in [0, 0.1) is 6.92 Å². The molecule has 0 spiro atoms. The molecule has 0 aliphatic heterocycles. The largest absolute Gasteiger partial charge is 0.508 e. The van der Waals surface area contributed by atoms with Crippen LogP contribution in [0.5, 0.6) is 11.5 Å². The normalized spacial score (nSPS) is 12.1. The number of aryl methyl sites for hydroxylation is 1. The number of hydrogen-bond donors (Lipinski definition) is 3. The van der Waals surface area contributed by atoms with Crippen LogP contribution >= 0.6 is 0 Å². The Hall–Kier alpha value is -2.04. The maximum Gasteiger partial charge on any atom is 0.120 e. The molecule has 0 aliphatic rings. The van der Waals surface area contributed by atoms with Gasteiger partial charge >= 0.3 is 0 Å². The second kappa shape index (κ2) is 7.11. The molecule has 112 valence electrons. The Morgan fingerprint density at radius 1 is 1.19 bits per heavy atom. The summed E-state index contributed by atoms with van der Waals surface area (Å²) in [5, 5.41) is 23.1. The zero-order valence-electron chi connectivity index (χ0n) is 12.3. The van der Waals surface area contributed by atoms with Crippen molar-refractivity contribution >= 4 is 0 Å². The number of ether oxygens (including phenoxy) is 1. The lowest BCUT2D eigenvalue weighted by Crippen LogP contribution is -2.21. The number of benzene rings is 2. The van der Waals surface area contributed by atoms with Crippen molar-refractivity contribution in [2.75, 3.05) is 13.7 Å². The first kappa shape index (κ1) is 15.4. The Labute approximate surface area is 125 Å². The number of rotatable bonds is 6. The van der Waals surface area contributed by atoms with Crippen LogP contribution in [0.25, 0.3) is 0 Å². The summed E-state index contributed by atoms with van der Waals surface area (Å²) in [5.74, 6) is 0.992. The van der Waals surface area contributed by atoms with Gasteiger partial charge in [0.2, 0.25) is 0 Å². The van der Waals surface area contributed by atoms with Gasteiger partial charge < -0.3 is 20.3 Å². The molecule has 21 heavy (non-hydrogen) atoms. The van der Waals surface area contributed by atoms with E-state index in [4.69, 9.17) is 4.74 Å². The minimum Gasteiger partial charge on any atom is -0.508 e. The highest BCUT2D eigenvalue weighted by atomic mass is 16.5. The van der Waals surface area contributed by atoms with Crippen LogP contribution in [0.3, 0.4) is 0 Å². The van der Waals surface area contributed by atoms with Gasteiger partial charge in [-0.25, -0.2) is 0 Å². The minimum absolute atomic E-state index is 0.268. The summed E-state index contributed by atoms with van der Waals surface area (Å²) in [6.45, 7) is 2.89. The van der Waals surface area contributed by atoms with E-state index in [0.717, 1.165) is 22.4 Å². The Morgan fingerprint density at radius 2 is 2.00 bits per heavy atom. The van der Waals surface area contributed by atoms with Gasteiger partial charge in [0.05, 0.1) is 13.2 Å². The van der Waals surface area contributed by atoms with E-state index in [1.54, 1.807) is 13.2 Å². The zero-order chi connectivity index (χ0) is 15.2. The molecule has 4 heteroatoms. The second-order valence-corrected chi connectivity index (χ2v) is 5.06. The van der Waals surface area contributed by atoms with Crippen molar-refractivity contribution in [1.29, 1.82) is 0 Å². The van der Waals surface area contributed by atoms with Gasteiger partial charge in [-0.3, -0.25) is 0 Å². The fourth-order valence-electron chi connectivity index (χ4n) is 2.17. The van der Waals surface area contributed by atoms with Gasteiger partial charge in [-0.15, -0.1) is 0 Å². The first-order valence-corrected chi connectivity index (χ1v) is 6.91. The van der Waals surface area contributed by atoms with Gasteiger partial charge in [0.25, 0.3) is 0 Å². The lowest BCUT2D eigenvalue weighted by molar-refractivity contribution is 0.174. The number of aromatic hydroxyl groups is 1. The molecule has 4 nitrogen and oxygen atoms in total. The molecule has 0 aromatic heterocycles. The molecule has 1 atom stereocenters. The number of nitrogens with one attached hydrogen (secondary N) is 1. The van der Waals surface area contributed by atoms with E-state index < -0.39 is 6.10 Å². The number of hydrogen-bond acceptors (Lipinski definition) is 4. The van der Waals surface area contributed by atoms with E-state index in [2.05, 4.69) is 5.32 Å². The zero-order valence-corrected chi connectivity index (χ0v) is 12.3. The summed E-state index contributed by atoms with van der Waals surface area (Å²) in [5.41, 5.74) is 2.72. The molecular formula is C17H21NO3. The molecular weight excluding hydrogens is 266 g/mol. The molecule has 0 saturated heterocycles. The molecule has 0 radical (unpaired) electrons. The van der Waals surface area contributed by atoms with Crippen LogP contribution in [0.2, 0.25) is 0 Å². The average Bonchev–Trinajstić information content (AvgIpc) is 2.50. The topological polar surface area (TPSA) is 61.7 Å². The molecule has 2 aromatic rings. The van der Waals surface area contributed by atoms with Crippen molar-refractivity contribution in [3.8, 4) is 11.5 Å². The number of methoxy groups -OCH3 is 1. The summed E-state index contributed by atoms with van der Waals surface area (Å²) >= 11 is 0. The summed E-state index contributed by atoms with van der Waals surface area (Å²) in [4.78, 5) is 0. The predicted molar refractivity (Wildman–Crippen MR) is 82.5 cm³/mol. The van der Waals surface area contributed by atoms with Gasteiger partial charge in [0.1, 0.15) is 11.5 Å². The van der Waals surface area contributed by atoms with Crippen LogP contribution in [0.15, 0.2) is 42.5 Å². The molecule has 0 amide bonds. The molecule has 3 N–H and O–H groups in total. The summed E-state index contributed by atoms with van der Waals surface area (Å²) < 4.78 is 5.14. The van der Waals surface area contributed by atoms with E-state index in [9.17, 15) is 10.2 Å². The van der Waals surface area contributed by atoms with Crippen LogP contribution in [0.1, 0.15) is 22.8 Å². The van der Waals surface area contributed by atoms with Crippen LogP contribution in [-0.2, 0) is 6.54 Å². The smallest absolute Gasteiger partial charge is 0.120 e. The monoisotopic (exact) mass is 287 g/mol. The van der Waals surface area contributed by atoms with Crippen molar-refractivity contribution in [3.63, 3.8) is 0 Å². The minimum atomic E-state index is -0.618. The molecule has 0 aliphatic carbocycles. The van der Waals surface area contributed by atoms with Crippen molar-refractivity contribution in [2.24, 2.45) is 0 Å². The number of phenolic OH excluding ortho intramolecular Hbond substituents is 1. The average molecular weight is 287 g/mol. The third kappa shape index (κ3) is 4.21. The molecule has 0 saturated carbocycles. The Bertz CT molecular complexity index is 598. The highest BCUT2D eigenvalue weighted by Crippen LogP contribution is 2.20. The van der Waals surface area contributed by atoms with Crippen LogP contribution in [-0.4, -0.2) is 23.9 Å². The van der Waals surface area contributed by atoms with Gasteiger partial charge in [-0.2, -0.15) is 0 Å². The molecule has 0 bridgehead atoms. The lowest BCUT2D eigenvalue weighted by atomic mass is 10.1. The predicted octanol–water partition coefficient (Wildman–Crippen LogP) is 2.53. The van der Waals surface area contributed by atoms with Gasteiger partial charge in [0, 0.05) is 18.7 Å². The molecule has 0 heterocycles. The van der Waals surface area contributed by atoms with E-state index in [-0.39, 0.29) is 5.75 Å². The number of aliphatic hydroxyl groups is 1. The van der Waals surface area contributed by atoms with E-state index in [0.29, 0.717) is 13.1 Å². The van der Waals surface area contributed by atoms with Gasteiger partial charge in [-0.05, 0) is 30.7 Å². The van der Waals surface area contributed by atoms with Crippen molar-refractivity contribution in [1.82, 2.24) is 5.32 Å². The Balaban J connectivity index is 1.91. The molecule has 2 aromatic carbocycles. The summed E-state index contributed by atoms with van der Waals surface area (Å²) in [6.07, 6.45) is -0.618. The van der Waals surface area contributed by atoms with Crippen LogP contribution in [0.4, 0.5) is 0 Å². The quantitative estimate of drug-likeness (QED) is 0.764. The molecule has 0 fully saturated rings. The number of aliphatic hydroxyl groups excluding tert-OH is 1. The van der Waals surface area contributed by atoms with Crippen molar-refractivity contribution in [2.45, 2.75) is 19.6 Å². The third-order valence-corrected chi connectivity index (χ3v) is 3.37. The highest BCUT2D eigenvalue weighted by Gasteiger charge is 2.09. The third-order valence-electron chi connectivity index (χ3n) is 3.37. The van der Waals surface area contributed by atoms with Crippen molar-refractivity contribution in [3.05, 3.63) is 59.2 Å². The Kier molecular flexibility index (Phi) is 5.20. The standard InChI is InChI=1S/C17H21NO3/c1-12-6-7-16(19)14(8-12)10-18-11-17(20)13-4-3-5-15(9-13)21-2/h3-9,17-20H,10-11H2,1-2H3. The van der Waals surface area contributed by atoms with Crippen LogP contribution < -0.4 is 10.1 Å². The first-order chi connectivity index (χ1) is 10.1. The fourth-order valence-corrected chi connectivity index (χ4v) is 2.17. The van der Waals surface area contributed by atoms with Crippen molar-refractivity contribution < 1.29 is 14.9 Å². The summed E-state index contributed by atoms with van der Waals surface area (Å²) in [7, 11) is 1.60.